The van der Waals surface area contributed by atoms with Gasteiger partial charge in [-0.2, -0.15) is 0 Å². The smallest absolute Gasteiger partial charge is 0.326 e. The first kappa shape index (κ1) is 16.0. The highest BCUT2D eigenvalue weighted by atomic mass is 16.4. The van der Waals surface area contributed by atoms with Gasteiger partial charge in [0.05, 0.1) is 6.42 Å². The molecular formula is C16H21N3O3. The van der Waals surface area contributed by atoms with E-state index in [9.17, 15) is 9.59 Å². The van der Waals surface area contributed by atoms with Crippen LogP contribution in [0.4, 0.5) is 0 Å². The summed E-state index contributed by atoms with van der Waals surface area (Å²) in [5.41, 5.74) is 7.22. The molecule has 1 aromatic carbocycles. The van der Waals surface area contributed by atoms with Crippen LogP contribution in [0.3, 0.4) is 0 Å². The number of carboxylic acid groups (broad SMARTS) is 1. The number of nitrogens with two attached hydrogens (primary N) is 1. The van der Waals surface area contributed by atoms with Crippen molar-refractivity contribution >= 4 is 22.8 Å². The molecule has 0 aliphatic heterocycles. The highest BCUT2D eigenvalue weighted by Crippen LogP contribution is 2.18. The molecule has 2 rings (SSSR count). The molecule has 118 valence electrons. The van der Waals surface area contributed by atoms with E-state index in [1.54, 1.807) is 6.20 Å². The number of carbonyl (C=O) groups is 2. The van der Waals surface area contributed by atoms with Gasteiger partial charge < -0.3 is 21.1 Å². The normalized spacial score (nSPS) is 12.2. The molecular weight excluding hydrogens is 282 g/mol. The van der Waals surface area contributed by atoms with Crippen molar-refractivity contribution in [3.63, 3.8) is 0 Å². The Hall–Kier alpha value is -2.34. The summed E-state index contributed by atoms with van der Waals surface area (Å²) in [6.07, 6.45) is 3.77. The van der Waals surface area contributed by atoms with E-state index >= 15 is 0 Å². The van der Waals surface area contributed by atoms with Gasteiger partial charge in [0.25, 0.3) is 0 Å². The number of aromatic nitrogens is 1. The maximum atomic E-state index is 12.1. The Labute approximate surface area is 128 Å². The van der Waals surface area contributed by atoms with Gasteiger partial charge in [0, 0.05) is 17.1 Å². The van der Waals surface area contributed by atoms with Crippen LogP contribution in [0, 0.1) is 0 Å². The maximum absolute atomic E-state index is 12.1. The van der Waals surface area contributed by atoms with Crippen LogP contribution in [-0.2, 0) is 16.0 Å². The SMILES string of the molecule is NCCCCC(NC(=O)Cc1c[nH]c2ccccc12)C(=O)O. The second-order valence-corrected chi connectivity index (χ2v) is 5.28. The molecule has 1 unspecified atom stereocenters. The van der Waals surface area contributed by atoms with E-state index in [4.69, 9.17) is 10.8 Å². The van der Waals surface area contributed by atoms with Gasteiger partial charge in [-0.25, -0.2) is 4.79 Å². The number of unbranched alkanes of at least 4 members (excludes halogenated alkanes) is 1. The van der Waals surface area contributed by atoms with Gasteiger partial charge in [-0.05, 0) is 37.4 Å². The molecule has 6 nitrogen and oxygen atoms in total. The molecule has 0 aliphatic carbocycles. The highest BCUT2D eigenvalue weighted by Gasteiger charge is 2.20. The lowest BCUT2D eigenvalue weighted by molar-refractivity contribution is -0.142. The highest BCUT2D eigenvalue weighted by molar-refractivity contribution is 5.90. The van der Waals surface area contributed by atoms with Crippen LogP contribution in [0.5, 0.6) is 0 Å². The van der Waals surface area contributed by atoms with Crippen LogP contribution in [0.1, 0.15) is 24.8 Å². The molecule has 6 heteroatoms. The summed E-state index contributed by atoms with van der Waals surface area (Å²) in [5.74, 6) is -1.30. The Morgan fingerprint density at radius 3 is 2.77 bits per heavy atom. The number of nitrogens with one attached hydrogen (secondary N) is 2. The van der Waals surface area contributed by atoms with Crippen LogP contribution in [0.15, 0.2) is 30.5 Å². The van der Waals surface area contributed by atoms with E-state index in [-0.39, 0.29) is 12.3 Å². The third-order valence-corrected chi connectivity index (χ3v) is 3.61. The lowest BCUT2D eigenvalue weighted by Gasteiger charge is -2.14. The number of hydrogen-bond acceptors (Lipinski definition) is 3. The minimum absolute atomic E-state index is 0.157. The van der Waals surface area contributed by atoms with Crippen molar-refractivity contribution in [1.29, 1.82) is 0 Å². The number of carboxylic acids is 1. The molecule has 0 bridgehead atoms. The summed E-state index contributed by atoms with van der Waals surface area (Å²) < 4.78 is 0. The zero-order valence-electron chi connectivity index (χ0n) is 12.3. The van der Waals surface area contributed by atoms with Gasteiger partial charge >= 0.3 is 5.97 Å². The molecule has 1 amide bonds. The first-order chi connectivity index (χ1) is 10.6. The monoisotopic (exact) mass is 303 g/mol. The molecule has 5 N–H and O–H groups in total. The standard InChI is InChI=1S/C16H21N3O3/c17-8-4-3-7-14(16(21)22)19-15(20)9-11-10-18-13-6-2-1-5-12(11)13/h1-2,5-6,10,14,18H,3-4,7-9,17H2,(H,19,20)(H,21,22). The van der Waals surface area contributed by atoms with E-state index in [2.05, 4.69) is 10.3 Å². The molecule has 0 fully saturated rings. The minimum Gasteiger partial charge on any atom is -0.480 e. The van der Waals surface area contributed by atoms with Gasteiger partial charge in [-0.3, -0.25) is 4.79 Å². The predicted octanol–water partition coefficient (Wildman–Crippen LogP) is 1.41. The number of H-pyrrole nitrogens is 1. The van der Waals surface area contributed by atoms with Gasteiger partial charge in [-0.15, -0.1) is 0 Å². The molecule has 0 spiro atoms. The van der Waals surface area contributed by atoms with Gasteiger partial charge in [0.2, 0.25) is 5.91 Å². The summed E-state index contributed by atoms with van der Waals surface area (Å²) in [5, 5.41) is 12.7. The van der Waals surface area contributed by atoms with Crippen LogP contribution in [0.25, 0.3) is 10.9 Å². The predicted molar refractivity (Wildman–Crippen MR) is 84.5 cm³/mol. The van der Waals surface area contributed by atoms with E-state index < -0.39 is 12.0 Å². The summed E-state index contributed by atoms with van der Waals surface area (Å²) in [4.78, 5) is 26.4. The zero-order valence-corrected chi connectivity index (χ0v) is 12.3. The molecule has 1 aromatic heterocycles. The van der Waals surface area contributed by atoms with Crippen molar-refractivity contribution in [3.8, 4) is 0 Å². The maximum Gasteiger partial charge on any atom is 0.326 e. The second-order valence-electron chi connectivity index (χ2n) is 5.28. The number of amides is 1. The fourth-order valence-electron chi connectivity index (χ4n) is 2.45. The Bertz CT molecular complexity index is 651. The summed E-state index contributed by atoms with van der Waals surface area (Å²) >= 11 is 0. The molecule has 0 saturated carbocycles. The number of benzene rings is 1. The van der Waals surface area contributed by atoms with Crippen molar-refractivity contribution in [3.05, 3.63) is 36.0 Å². The van der Waals surface area contributed by atoms with E-state index in [0.717, 1.165) is 22.9 Å². The summed E-state index contributed by atoms with van der Waals surface area (Å²) in [6, 6.07) is 6.84. The third-order valence-electron chi connectivity index (χ3n) is 3.61. The van der Waals surface area contributed by atoms with E-state index in [1.807, 2.05) is 24.3 Å². The Balaban J connectivity index is 1.97. The van der Waals surface area contributed by atoms with Crippen LogP contribution < -0.4 is 11.1 Å². The average Bonchev–Trinajstić information content (AvgIpc) is 2.89. The van der Waals surface area contributed by atoms with Crippen molar-refractivity contribution < 1.29 is 14.7 Å². The first-order valence-corrected chi connectivity index (χ1v) is 7.39. The van der Waals surface area contributed by atoms with Crippen molar-refractivity contribution in [2.45, 2.75) is 31.7 Å². The lowest BCUT2D eigenvalue weighted by atomic mass is 10.1. The zero-order chi connectivity index (χ0) is 15.9. The number of aliphatic carboxylic acids is 1. The molecule has 0 saturated heterocycles. The fourth-order valence-corrected chi connectivity index (χ4v) is 2.45. The molecule has 22 heavy (non-hydrogen) atoms. The Morgan fingerprint density at radius 2 is 2.05 bits per heavy atom. The number of rotatable bonds is 8. The lowest BCUT2D eigenvalue weighted by Crippen LogP contribution is -2.41. The third kappa shape index (κ3) is 4.08. The number of aromatic amines is 1. The largest absolute Gasteiger partial charge is 0.480 e. The molecule has 0 radical (unpaired) electrons. The number of para-hydroxylation sites is 1. The van der Waals surface area contributed by atoms with Crippen molar-refractivity contribution in [2.75, 3.05) is 6.54 Å². The van der Waals surface area contributed by atoms with Crippen LogP contribution in [0.2, 0.25) is 0 Å². The summed E-state index contributed by atoms with van der Waals surface area (Å²) in [7, 11) is 0. The number of carbonyl (C=O) groups excluding carboxylic acids is 1. The van der Waals surface area contributed by atoms with Crippen LogP contribution in [-0.4, -0.2) is 34.6 Å². The summed E-state index contributed by atoms with van der Waals surface area (Å²) in [6.45, 7) is 0.523. The molecule has 2 aromatic rings. The molecule has 1 heterocycles. The number of hydrogen-bond donors (Lipinski definition) is 4. The Kier molecular flexibility index (Phi) is 5.55. The topological polar surface area (TPSA) is 108 Å². The minimum atomic E-state index is -1.01. The van der Waals surface area contributed by atoms with E-state index in [1.165, 1.54) is 0 Å². The first-order valence-electron chi connectivity index (χ1n) is 7.39. The van der Waals surface area contributed by atoms with E-state index in [0.29, 0.717) is 19.4 Å². The molecule has 0 aliphatic rings. The quantitative estimate of drug-likeness (QED) is 0.553. The van der Waals surface area contributed by atoms with Gasteiger partial charge in [-0.1, -0.05) is 18.2 Å². The fraction of sp³-hybridized carbons (Fsp3) is 0.375. The Morgan fingerprint density at radius 1 is 1.27 bits per heavy atom. The van der Waals surface area contributed by atoms with Gasteiger partial charge in [0.15, 0.2) is 0 Å². The molecule has 1 atom stereocenters. The second kappa shape index (κ2) is 7.61. The van der Waals surface area contributed by atoms with Crippen LogP contribution >= 0.6 is 0 Å². The van der Waals surface area contributed by atoms with Crippen molar-refractivity contribution in [2.24, 2.45) is 5.73 Å². The number of fused-ring (bicyclic) bond motifs is 1. The van der Waals surface area contributed by atoms with Crippen molar-refractivity contribution in [1.82, 2.24) is 10.3 Å². The average molecular weight is 303 g/mol. The van der Waals surface area contributed by atoms with Gasteiger partial charge in [0.1, 0.15) is 6.04 Å².